The Hall–Kier alpha value is -1.40. The molecule has 0 saturated heterocycles. The minimum Gasteiger partial charge on any atom is -0.475 e. The second-order valence-corrected chi connectivity index (χ2v) is 10.7. The van der Waals surface area contributed by atoms with Crippen LogP contribution in [0.3, 0.4) is 0 Å². The Morgan fingerprint density at radius 2 is 2.06 bits per heavy atom. The van der Waals surface area contributed by atoms with Gasteiger partial charge in [0.1, 0.15) is 5.15 Å². The molecule has 1 aliphatic rings. The number of aromatic nitrogens is 1. The molecule has 3 aromatic heterocycles. The molecule has 0 bridgehead atoms. The van der Waals surface area contributed by atoms with Crippen molar-refractivity contribution in [1.82, 2.24) is 10.3 Å². The number of aliphatic carboxylic acids is 1. The standard InChI is InChI=1S/C19H21BrClN3S2.C2HF3O2/c1-22-13-7-3-2-6-12(13)18-16(20)17-19(26-18)14(9-15(21)24-17)23-10-11-5-4-8-25-11;3-2(4,5)1(6)7/h4-5,8-9,12-13,22H,2-3,6-7,10H2,1H3,(H,23,24);(H,6,7)/t12-,13-;/m1./s1. The highest BCUT2D eigenvalue weighted by Crippen LogP contribution is 2.46. The second kappa shape index (κ2) is 11.4. The molecule has 3 N–H and O–H groups in total. The number of halogens is 5. The highest BCUT2D eigenvalue weighted by atomic mass is 79.9. The van der Waals surface area contributed by atoms with E-state index in [1.165, 1.54) is 40.1 Å². The zero-order valence-electron chi connectivity index (χ0n) is 17.5. The molecule has 3 aromatic rings. The summed E-state index contributed by atoms with van der Waals surface area (Å²) < 4.78 is 34.0. The van der Waals surface area contributed by atoms with E-state index in [1.54, 1.807) is 11.3 Å². The lowest BCUT2D eigenvalue weighted by Crippen LogP contribution is -2.34. The number of carboxylic acids is 1. The van der Waals surface area contributed by atoms with Crippen LogP contribution in [0.4, 0.5) is 18.9 Å². The third-order valence-electron chi connectivity index (χ3n) is 5.33. The van der Waals surface area contributed by atoms with Crippen molar-refractivity contribution in [1.29, 1.82) is 0 Å². The van der Waals surface area contributed by atoms with Crippen molar-refractivity contribution in [3.8, 4) is 0 Å². The van der Waals surface area contributed by atoms with Gasteiger partial charge in [0, 0.05) is 34.3 Å². The maximum atomic E-state index is 10.6. The number of pyridine rings is 1. The van der Waals surface area contributed by atoms with E-state index in [1.807, 2.05) is 17.4 Å². The van der Waals surface area contributed by atoms with Crippen LogP contribution in [0.25, 0.3) is 10.2 Å². The first-order valence-electron chi connectivity index (χ1n) is 10.1. The number of hydrogen-bond acceptors (Lipinski definition) is 6. The molecule has 0 unspecified atom stereocenters. The van der Waals surface area contributed by atoms with E-state index in [-0.39, 0.29) is 0 Å². The van der Waals surface area contributed by atoms with Gasteiger partial charge in [-0.3, -0.25) is 0 Å². The molecule has 4 rings (SSSR count). The average molecular weight is 585 g/mol. The first-order chi connectivity index (χ1) is 15.6. The topological polar surface area (TPSA) is 74.2 Å². The fraction of sp³-hybridized carbons (Fsp3) is 0.429. The molecule has 12 heteroatoms. The van der Waals surface area contributed by atoms with Gasteiger partial charge >= 0.3 is 12.1 Å². The summed E-state index contributed by atoms with van der Waals surface area (Å²) in [6.45, 7) is 0.806. The van der Waals surface area contributed by atoms with Crippen LogP contribution in [-0.2, 0) is 11.3 Å². The molecule has 0 spiro atoms. The average Bonchev–Trinajstić information content (AvgIpc) is 3.40. The first kappa shape index (κ1) is 26.2. The summed E-state index contributed by atoms with van der Waals surface area (Å²) in [6.07, 6.45) is -0.0223. The lowest BCUT2D eigenvalue weighted by molar-refractivity contribution is -0.192. The number of hydrogen-bond donors (Lipinski definition) is 3. The van der Waals surface area contributed by atoms with E-state index in [4.69, 9.17) is 21.5 Å². The predicted molar refractivity (Wildman–Crippen MR) is 132 cm³/mol. The van der Waals surface area contributed by atoms with Gasteiger partial charge in [-0.15, -0.1) is 22.7 Å². The number of nitrogens with one attached hydrogen (secondary N) is 2. The Kier molecular flexibility index (Phi) is 9.02. The summed E-state index contributed by atoms with van der Waals surface area (Å²) in [5.41, 5.74) is 2.05. The number of likely N-dealkylation sites (N-methyl/N-ethyl adjacent to an activating group) is 1. The zero-order valence-corrected chi connectivity index (χ0v) is 21.5. The van der Waals surface area contributed by atoms with Crippen molar-refractivity contribution in [2.45, 2.75) is 50.4 Å². The fourth-order valence-electron chi connectivity index (χ4n) is 3.78. The van der Waals surface area contributed by atoms with Gasteiger partial charge in [-0.1, -0.05) is 30.5 Å². The van der Waals surface area contributed by atoms with Crippen LogP contribution in [0.1, 0.15) is 41.4 Å². The first-order valence-corrected chi connectivity index (χ1v) is 13.0. The van der Waals surface area contributed by atoms with Crippen molar-refractivity contribution >= 4 is 72.1 Å². The molecule has 1 fully saturated rings. The normalized spacial score (nSPS) is 18.6. The van der Waals surface area contributed by atoms with E-state index < -0.39 is 12.1 Å². The molecule has 0 radical (unpaired) electrons. The molecule has 1 aliphatic carbocycles. The quantitative estimate of drug-likeness (QED) is 0.275. The number of nitrogens with zero attached hydrogens (tertiary/aromatic N) is 1. The summed E-state index contributed by atoms with van der Waals surface area (Å²) in [5, 5.41) is 16.8. The molecule has 2 atom stereocenters. The van der Waals surface area contributed by atoms with Crippen LogP contribution in [0.5, 0.6) is 0 Å². The number of carbonyl (C=O) groups is 1. The van der Waals surface area contributed by atoms with Crippen molar-refractivity contribution in [3.63, 3.8) is 0 Å². The second-order valence-electron chi connectivity index (χ2n) is 7.47. The molecule has 0 aliphatic heterocycles. The molecule has 3 heterocycles. The third-order valence-corrected chi connectivity index (χ3v) is 8.81. The van der Waals surface area contributed by atoms with Crippen molar-refractivity contribution in [2.24, 2.45) is 0 Å². The Morgan fingerprint density at radius 3 is 2.67 bits per heavy atom. The lowest BCUT2D eigenvalue weighted by atomic mass is 9.83. The Bertz CT molecular complexity index is 1090. The molecular weight excluding hydrogens is 563 g/mol. The fourth-order valence-corrected chi connectivity index (χ4v) is 6.90. The molecule has 5 nitrogen and oxygen atoms in total. The van der Waals surface area contributed by atoms with E-state index >= 15 is 0 Å². The maximum absolute atomic E-state index is 10.6. The minimum absolute atomic E-state index is 0.532. The largest absolute Gasteiger partial charge is 0.490 e. The molecule has 0 aromatic carbocycles. The molecule has 33 heavy (non-hydrogen) atoms. The van der Waals surface area contributed by atoms with Crippen molar-refractivity contribution in [2.75, 3.05) is 12.4 Å². The van der Waals surface area contributed by atoms with Gasteiger partial charge in [-0.05, 0) is 47.3 Å². The lowest BCUT2D eigenvalue weighted by Gasteiger charge is -2.30. The Morgan fingerprint density at radius 1 is 1.36 bits per heavy atom. The molecule has 180 valence electrons. The van der Waals surface area contributed by atoms with Gasteiger partial charge in [0.05, 0.1) is 20.4 Å². The molecule has 0 amide bonds. The maximum Gasteiger partial charge on any atom is 0.490 e. The van der Waals surface area contributed by atoms with E-state index in [0.717, 1.165) is 22.2 Å². The summed E-state index contributed by atoms with van der Waals surface area (Å²) in [4.78, 5) is 16.2. The van der Waals surface area contributed by atoms with Crippen LogP contribution in [0, 0.1) is 0 Å². The number of rotatable bonds is 5. The third kappa shape index (κ3) is 6.60. The highest BCUT2D eigenvalue weighted by Gasteiger charge is 2.38. The van der Waals surface area contributed by atoms with Gasteiger partial charge in [0.15, 0.2) is 0 Å². The van der Waals surface area contributed by atoms with Gasteiger partial charge in [0.2, 0.25) is 0 Å². The summed E-state index contributed by atoms with van der Waals surface area (Å²) in [7, 11) is 2.08. The van der Waals surface area contributed by atoms with Crippen molar-refractivity contribution in [3.05, 3.63) is 43.0 Å². The van der Waals surface area contributed by atoms with Crippen LogP contribution < -0.4 is 10.6 Å². The number of alkyl halides is 3. The van der Waals surface area contributed by atoms with Gasteiger partial charge in [0.25, 0.3) is 0 Å². The Balaban J connectivity index is 0.000000383. The van der Waals surface area contributed by atoms with Crippen LogP contribution in [0.2, 0.25) is 5.15 Å². The van der Waals surface area contributed by atoms with Crippen LogP contribution in [-0.4, -0.2) is 35.3 Å². The van der Waals surface area contributed by atoms with Gasteiger partial charge in [-0.25, -0.2) is 9.78 Å². The number of thiophene rings is 2. The molecule has 1 saturated carbocycles. The molecular formula is C21H22BrClF3N3O2S2. The predicted octanol–water partition coefficient (Wildman–Crippen LogP) is 7.26. The monoisotopic (exact) mass is 583 g/mol. The van der Waals surface area contributed by atoms with E-state index in [9.17, 15) is 13.2 Å². The number of anilines is 1. The smallest absolute Gasteiger partial charge is 0.475 e. The highest BCUT2D eigenvalue weighted by molar-refractivity contribution is 9.10. The summed E-state index contributed by atoms with van der Waals surface area (Å²) in [5.74, 6) is -2.22. The zero-order chi connectivity index (χ0) is 24.2. The SMILES string of the molecule is CN[C@@H]1CCCC[C@H]1c1sc2c(NCc3cccs3)cc(Cl)nc2c1Br.O=C(O)C(F)(F)F. The minimum atomic E-state index is -5.08. The van der Waals surface area contributed by atoms with Gasteiger partial charge in [-0.2, -0.15) is 13.2 Å². The number of fused-ring (bicyclic) bond motifs is 1. The van der Waals surface area contributed by atoms with Crippen LogP contribution in [0.15, 0.2) is 28.1 Å². The summed E-state index contributed by atoms with van der Waals surface area (Å²) in [6, 6.07) is 6.71. The summed E-state index contributed by atoms with van der Waals surface area (Å²) >= 11 is 13.8. The van der Waals surface area contributed by atoms with Crippen LogP contribution >= 0.6 is 50.2 Å². The van der Waals surface area contributed by atoms with E-state index in [2.05, 4.69) is 56.1 Å². The van der Waals surface area contributed by atoms with Crippen molar-refractivity contribution < 1.29 is 23.1 Å². The Labute approximate surface area is 210 Å². The number of carboxylic acid groups (broad SMARTS) is 1. The van der Waals surface area contributed by atoms with E-state index in [0.29, 0.717) is 17.1 Å². The van der Waals surface area contributed by atoms with Gasteiger partial charge < -0.3 is 15.7 Å².